The van der Waals surface area contributed by atoms with Gasteiger partial charge in [-0.2, -0.15) is 0 Å². The summed E-state index contributed by atoms with van der Waals surface area (Å²) >= 11 is 0. The van der Waals surface area contributed by atoms with E-state index in [1.807, 2.05) is 19.1 Å². The third-order valence-electron chi connectivity index (χ3n) is 2.84. The third kappa shape index (κ3) is 6.60. The Balaban J connectivity index is 2.26. The molecule has 0 heterocycles. The summed E-state index contributed by atoms with van der Waals surface area (Å²) in [5.41, 5.74) is 1.27. The van der Waals surface area contributed by atoms with Crippen molar-refractivity contribution in [2.24, 2.45) is 5.92 Å². The monoisotopic (exact) mass is 265 g/mol. The molecule has 19 heavy (non-hydrogen) atoms. The van der Waals surface area contributed by atoms with Crippen LogP contribution in [0.5, 0.6) is 5.75 Å². The predicted octanol–water partition coefficient (Wildman–Crippen LogP) is 3.41. The van der Waals surface area contributed by atoms with Crippen molar-refractivity contribution in [3.8, 4) is 5.75 Å². The first-order valence-electron chi connectivity index (χ1n) is 7.17. The lowest BCUT2D eigenvalue weighted by Crippen LogP contribution is -2.23. The van der Waals surface area contributed by atoms with Gasteiger partial charge in [-0.05, 0) is 37.5 Å². The van der Waals surface area contributed by atoms with E-state index in [9.17, 15) is 0 Å². The molecule has 0 aromatic heterocycles. The van der Waals surface area contributed by atoms with Crippen LogP contribution in [-0.4, -0.2) is 26.4 Å². The molecule has 3 heteroatoms. The molecule has 1 rings (SSSR count). The van der Waals surface area contributed by atoms with Crippen LogP contribution in [0.2, 0.25) is 0 Å². The molecule has 1 N–H and O–H groups in total. The highest BCUT2D eigenvalue weighted by atomic mass is 16.5. The summed E-state index contributed by atoms with van der Waals surface area (Å²) in [6, 6.07) is 8.59. The molecule has 0 radical (unpaired) electrons. The topological polar surface area (TPSA) is 30.5 Å². The average molecular weight is 265 g/mol. The molecular weight excluding hydrogens is 238 g/mol. The van der Waals surface area contributed by atoms with E-state index in [1.165, 1.54) is 5.56 Å². The smallest absolute Gasteiger partial charge is 0.119 e. The first-order chi connectivity index (χ1) is 9.13. The van der Waals surface area contributed by atoms with Crippen molar-refractivity contribution in [2.45, 2.75) is 33.7 Å². The number of nitrogens with one attached hydrogen (secondary N) is 1. The normalized spacial score (nSPS) is 12.7. The maximum atomic E-state index is 5.55. The highest BCUT2D eigenvalue weighted by Gasteiger charge is 2.04. The van der Waals surface area contributed by atoms with Gasteiger partial charge in [-0.25, -0.2) is 0 Å². The van der Waals surface area contributed by atoms with E-state index in [4.69, 9.17) is 9.47 Å². The highest BCUT2D eigenvalue weighted by molar-refractivity contribution is 5.28. The molecule has 0 spiro atoms. The molecular formula is C16H27NO2. The lowest BCUT2D eigenvalue weighted by Gasteiger charge is -2.15. The Morgan fingerprint density at radius 1 is 1.11 bits per heavy atom. The fourth-order valence-corrected chi connectivity index (χ4v) is 1.80. The molecule has 0 bridgehead atoms. The second-order valence-electron chi connectivity index (χ2n) is 5.15. The van der Waals surface area contributed by atoms with Gasteiger partial charge in [0.25, 0.3) is 0 Å². The van der Waals surface area contributed by atoms with Crippen molar-refractivity contribution in [3.63, 3.8) is 0 Å². The largest absolute Gasteiger partial charge is 0.494 e. The Kier molecular flexibility index (Phi) is 7.53. The molecule has 1 atom stereocenters. The lowest BCUT2D eigenvalue weighted by molar-refractivity contribution is 0.110. The van der Waals surface area contributed by atoms with Crippen LogP contribution in [0.25, 0.3) is 0 Å². The van der Waals surface area contributed by atoms with Crippen molar-refractivity contribution in [2.75, 3.05) is 26.4 Å². The Labute approximate surface area is 117 Å². The van der Waals surface area contributed by atoms with E-state index in [1.54, 1.807) is 0 Å². The van der Waals surface area contributed by atoms with E-state index in [-0.39, 0.29) is 0 Å². The maximum Gasteiger partial charge on any atom is 0.119 e. The van der Waals surface area contributed by atoms with E-state index in [0.717, 1.165) is 25.5 Å². The Morgan fingerprint density at radius 2 is 1.79 bits per heavy atom. The summed E-state index contributed by atoms with van der Waals surface area (Å²) in [6.45, 7) is 11.7. The Bertz CT molecular complexity index is 335. The van der Waals surface area contributed by atoms with Crippen LogP contribution in [0.1, 0.15) is 39.3 Å². The quantitative estimate of drug-likeness (QED) is 0.694. The number of rotatable bonds is 9. The summed E-state index contributed by atoms with van der Waals surface area (Å²) in [6.07, 6.45) is 0. The van der Waals surface area contributed by atoms with Gasteiger partial charge < -0.3 is 14.8 Å². The first kappa shape index (κ1) is 16.0. The van der Waals surface area contributed by atoms with Gasteiger partial charge in [0.15, 0.2) is 0 Å². The maximum absolute atomic E-state index is 5.55. The second kappa shape index (κ2) is 8.94. The van der Waals surface area contributed by atoms with Crippen LogP contribution in [0.3, 0.4) is 0 Å². The van der Waals surface area contributed by atoms with Crippen LogP contribution in [0.4, 0.5) is 0 Å². The summed E-state index contributed by atoms with van der Waals surface area (Å²) in [7, 11) is 0. The second-order valence-corrected chi connectivity index (χ2v) is 5.15. The fraction of sp³-hybridized carbons (Fsp3) is 0.625. The molecule has 0 aliphatic heterocycles. The zero-order valence-electron chi connectivity index (χ0n) is 12.6. The molecule has 1 aromatic carbocycles. The zero-order valence-corrected chi connectivity index (χ0v) is 12.6. The molecule has 0 saturated carbocycles. The van der Waals surface area contributed by atoms with Gasteiger partial charge in [0.2, 0.25) is 0 Å². The molecule has 0 aliphatic carbocycles. The van der Waals surface area contributed by atoms with Gasteiger partial charge in [0.05, 0.1) is 13.2 Å². The van der Waals surface area contributed by atoms with Crippen molar-refractivity contribution in [1.82, 2.24) is 5.32 Å². The highest BCUT2D eigenvalue weighted by Crippen LogP contribution is 2.17. The molecule has 108 valence electrons. The molecule has 0 aliphatic rings. The molecule has 0 amide bonds. The van der Waals surface area contributed by atoms with Crippen LogP contribution in [0.15, 0.2) is 24.3 Å². The van der Waals surface area contributed by atoms with Gasteiger partial charge >= 0.3 is 0 Å². The Morgan fingerprint density at radius 3 is 2.37 bits per heavy atom. The lowest BCUT2D eigenvalue weighted by atomic mass is 10.1. The van der Waals surface area contributed by atoms with Gasteiger partial charge in [0, 0.05) is 19.2 Å². The minimum Gasteiger partial charge on any atom is -0.494 e. The van der Waals surface area contributed by atoms with Gasteiger partial charge in [-0.15, -0.1) is 0 Å². The third-order valence-corrected chi connectivity index (χ3v) is 2.84. The van der Waals surface area contributed by atoms with Crippen LogP contribution in [0, 0.1) is 5.92 Å². The summed E-state index contributed by atoms with van der Waals surface area (Å²) in [4.78, 5) is 0. The number of benzene rings is 1. The van der Waals surface area contributed by atoms with Crippen molar-refractivity contribution < 1.29 is 9.47 Å². The van der Waals surface area contributed by atoms with E-state index < -0.39 is 0 Å². The molecule has 0 saturated heterocycles. The van der Waals surface area contributed by atoms with Crippen molar-refractivity contribution in [3.05, 3.63) is 29.8 Å². The van der Waals surface area contributed by atoms with E-state index in [0.29, 0.717) is 18.6 Å². The predicted molar refractivity (Wildman–Crippen MR) is 79.7 cm³/mol. The van der Waals surface area contributed by atoms with E-state index in [2.05, 4.69) is 38.2 Å². The molecule has 1 unspecified atom stereocenters. The minimum absolute atomic E-state index is 0.332. The Hall–Kier alpha value is -1.06. The SMILES string of the molecule is CCOc1ccc(C(C)NCCOCC(C)C)cc1. The summed E-state index contributed by atoms with van der Waals surface area (Å²) < 4.78 is 11.0. The van der Waals surface area contributed by atoms with Crippen LogP contribution >= 0.6 is 0 Å². The average Bonchev–Trinajstić information content (AvgIpc) is 2.39. The van der Waals surface area contributed by atoms with Crippen LogP contribution < -0.4 is 10.1 Å². The number of hydrogen-bond acceptors (Lipinski definition) is 3. The molecule has 0 fully saturated rings. The van der Waals surface area contributed by atoms with Crippen LogP contribution in [-0.2, 0) is 4.74 Å². The summed E-state index contributed by atoms with van der Waals surface area (Å²) in [5.74, 6) is 1.53. The molecule has 3 nitrogen and oxygen atoms in total. The van der Waals surface area contributed by atoms with E-state index >= 15 is 0 Å². The van der Waals surface area contributed by atoms with Gasteiger partial charge in [-0.3, -0.25) is 0 Å². The van der Waals surface area contributed by atoms with Crippen molar-refractivity contribution in [1.29, 1.82) is 0 Å². The summed E-state index contributed by atoms with van der Waals surface area (Å²) in [5, 5.41) is 3.46. The number of ether oxygens (including phenoxy) is 2. The zero-order chi connectivity index (χ0) is 14.1. The van der Waals surface area contributed by atoms with Crippen molar-refractivity contribution >= 4 is 0 Å². The van der Waals surface area contributed by atoms with Gasteiger partial charge in [-0.1, -0.05) is 26.0 Å². The molecule has 1 aromatic rings. The van der Waals surface area contributed by atoms with Gasteiger partial charge in [0.1, 0.15) is 5.75 Å². The standard InChI is InChI=1S/C16H27NO2/c1-5-19-16-8-6-15(7-9-16)14(4)17-10-11-18-12-13(2)3/h6-9,13-14,17H,5,10-12H2,1-4H3. The minimum atomic E-state index is 0.332. The first-order valence-corrected chi connectivity index (χ1v) is 7.17. The fourth-order valence-electron chi connectivity index (χ4n) is 1.80. The number of hydrogen-bond donors (Lipinski definition) is 1.